The highest BCUT2D eigenvalue weighted by atomic mass is 16.6. The molecule has 6 heteroatoms. The summed E-state index contributed by atoms with van der Waals surface area (Å²) in [5, 5.41) is 2.67. The number of amides is 1. The summed E-state index contributed by atoms with van der Waals surface area (Å²) in [7, 11) is 0. The minimum atomic E-state index is -0.367. The van der Waals surface area contributed by atoms with Crippen molar-refractivity contribution >= 4 is 17.6 Å². The van der Waals surface area contributed by atoms with E-state index in [4.69, 9.17) is 14.2 Å². The Balaban J connectivity index is 1.51. The third-order valence-corrected chi connectivity index (χ3v) is 3.58. The molecular formula is C15H17NO5. The number of benzene rings is 1. The van der Waals surface area contributed by atoms with E-state index < -0.39 is 0 Å². The predicted octanol–water partition coefficient (Wildman–Crippen LogP) is 1.60. The van der Waals surface area contributed by atoms with Crippen molar-refractivity contribution in [2.75, 3.05) is 25.1 Å². The average Bonchev–Trinajstić information content (AvgIpc) is 3.22. The largest absolute Gasteiger partial charge is 0.486 e. The molecule has 1 aromatic carbocycles. The first-order valence-electron chi connectivity index (χ1n) is 6.99. The monoisotopic (exact) mass is 291 g/mol. The van der Waals surface area contributed by atoms with Crippen molar-refractivity contribution in [3.63, 3.8) is 0 Å². The van der Waals surface area contributed by atoms with Gasteiger partial charge in [-0.1, -0.05) is 6.92 Å². The van der Waals surface area contributed by atoms with Crippen LogP contribution in [-0.4, -0.2) is 31.7 Å². The van der Waals surface area contributed by atoms with E-state index in [0.717, 1.165) is 6.42 Å². The van der Waals surface area contributed by atoms with Crippen LogP contribution < -0.4 is 14.8 Å². The first kappa shape index (κ1) is 13.7. The molecule has 1 aromatic rings. The van der Waals surface area contributed by atoms with Crippen LogP contribution in [0.2, 0.25) is 0 Å². The van der Waals surface area contributed by atoms with Gasteiger partial charge in [0, 0.05) is 11.8 Å². The summed E-state index contributed by atoms with van der Waals surface area (Å²) in [6.07, 6.45) is 0.850. The Morgan fingerprint density at radius 1 is 1.29 bits per heavy atom. The molecule has 3 rings (SSSR count). The summed E-state index contributed by atoms with van der Waals surface area (Å²) in [5.74, 6) is 0.940. The van der Waals surface area contributed by atoms with Crippen LogP contribution in [0.25, 0.3) is 0 Å². The van der Waals surface area contributed by atoms with E-state index in [-0.39, 0.29) is 24.4 Å². The first-order chi connectivity index (χ1) is 10.1. The van der Waals surface area contributed by atoms with Crippen molar-refractivity contribution in [2.45, 2.75) is 13.3 Å². The van der Waals surface area contributed by atoms with E-state index in [0.29, 0.717) is 36.3 Å². The second kappa shape index (κ2) is 5.63. The van der Waals surface area contributed by atoms with Crippen LogP contribution in [0, 0.1) is 11.8 Å². The van der Waals surface area contributed by atoms with E-state index in [9.17, 15) is 9.59 Å². The number of esters is 1. The molecule has 0 bridgehead atoms. The number of hydrogen-bond donors (Lipinski definition) is 1. The van der Waals surface area contributed by atoms with Crippen LogP contribution >= 0.6 is 0 Å². The van der Waals surface area contributed by atoms with Crippen molar-refractivity contribution in [3.05, 3.63) is 18.2 Å². The van der Waals surface area contributed by atoms with E-state index in [2.05, 4.69) is 5.32 Å². The van der Waals surface area contributed by atoms with Crippen LogP contribution in [0.1, 0.15) is 13.3 Å². The Bertz CT molecular complexity index is 571. The predicted molar refractivity (Wildman–Crippen MR) is 74.3 cm³/mol. The van der Waals surface area contributed by atoms with Crippen molar-refractivity contribution in [1.82, 2.24) is 0 Å². The Morgan fingerprint density at radius 3 is 2.71 bits per heavy atom. The summed E-state index contributed by atoms with van der Waals surface area (Å²) in [6.45, 7) is 2.73. The van der Waals surface area contributed by atoms with Crippen LogP contribution in [0.5, 0.6) is 11.5 Å². The number of carbonyl (C=O) groups is 2. The number of carbonyl (C=O) groups excluding carboxylic acids is 2. The first-order valence-corrected chi connectivity index (χ1v) is 6.99. The van der Waals surface area contributed by atoms with Gasteiger partial charge < -0.3 is 19.5 Å². The molecule has 0 radical (unpaired) electrons. The molecular weight excluding hydrogens is 274 g/mol. The molecule has 21 heavy (non-hydrogen) atoms. The van der Waals surface area contributed by atoms with Crippen molar-refractivity contribution in [1.29, 1.82) is 0 Å². The lowest BCUT2D eigenvalue weighted by Gasteiger charge is -2.19. The molecule has 1 N–H and O–H groups in total. The summed E-state index contributed by atoms with van der Waals surface area (Å²) in [6, 6.07) is 5.15. The van der Waals surface area contributed by atoms with Gasteiger partial charge in [-0.25, -0.2) is 0 Å². The maximum Gasteiger partial charge on any atom is 0.309 e. The number of rotatable bonds is 4. The molecule has 0 unspecified atom stereocenters. The highest BCUT2D eigenvalue weighted by Gasteiger charge is 2.40. The quantitative estimate of drug-likeness (QED) is 0.853. The number of ether oxygens (including phenoxy) is 3. The fourth-order valence-electron chi connectivity index (χ4n) is 2.21. The number of anilines is 1. The molecule has 0 saturated heterocycles. The van der Waals surface area contributed by atoms with Crippen LogP contribution in [-0.2, 0) is 14.3 Å². The van der Waals surface area contributed by atoms with E-state index in [1.54, 1.807) is 18.2 Å². The molecule has 1 fully saturated rings. The molecule has 112 valence electrons. The standard InChI is InChI=1S/C15H17NO5/c1-9-6-11(9)15(18)21-8-14(17)16-10-2-3-12-13(7-10)20-5-4-19-12/h2-3,7,9,11H,4-6,8H2,1H3,(H,16,17)/t9-,11-/m0/s1. The van der Waals surface area contributed by atoms with Crippen LogP contribution in [0.15, 0.2) is 18.2 Å². The lowest BCUT2D eigenvalue weighted by molar-refractivity contribution is -0.148. The molecule has 1 heterocycles. The van der Waals surface area contributed by atoms with Gasteiger partial charge >= 0.3 is 5.97 Å². The molecule has 1 saturated carbocycles. The van der Waals surface area contributed by atoms with Gasteiger partial charge in [0.05, 0.1) is 5.92 Å². The van der Waals surface area contributed by atoms with Crippen molar-refractivity contribution < 1.29 is 23.8 Å². The molecule has 1 amide bonds. The Labute approximate surface area is 122 Å². The highest BCUT2D eigenvalue weighted by molar-refractivity contribution is 5.93. The topological polar surface area (TPSA) is 73.9 Å². The van der Waals surface area contributed by atoms with E-state index >= 15 is 0 Å². The van der Waals surface area contributed by atoms with Gasteiger partial charge in [-0.15, -0.1) is 0 Å². The number of hydrogen-bond acceptors (Lipinski definition) is 5. The SMILES string of the molecule is C[C@H]1C[C@@H]1C(=O)OCC(=O)Nc1ccc2c(c1)OCCO2. The molecule has 6 nitrogen and oxygen atoms in total. The van der Waals surface area contributed by atoms with Gasteiger partial charge in [0.15, 0.2) is 18.1 Å². The zero-order valence-electron chi connectivity index (χ0n) is 11.8. The van der Waals surface area contributed by atoms with Crippen molar-refractivity contribution in [2.24, 2.45) is 11.8 Å². The summed E-state index contributed by atoms with van der Waals surface area (Å²) < 4.78 is 15.8. The van der Waals surface area contributed by atoms with Gasteiger partial charge in [-0.3, -0.25) is 9.59 Å². The van der Waals surface area contributed by atoms with Crippen LogP contribution in [0.3, 0.4) is 0 Å². The van der Waals surface area contributed by atoms with E-state index in [1.807, 2.05) is 6.92 Å². The van der Waals surface area contributed by atoms with Gasteiger partial charge in [-0.2, -0.15) is 0 Å². The lowest BCUT2D eigenvalue weighted by Crippen LogP contribution is -2.22. The van der Waals surface area contributed by atoms with E-state index in [1.165, 1.54) is 0 Å². The van der Waals surface area contributed by atoms with Gasteiger partial charge in [0.1, 0.15) is 13.2 Å². The smallest absolute Gasteiger partial charge is 0.309 e. The normalized spacial score (nSPS) is 22.3. The summed E-state index contributed by atoms with van der Waals surface area (Å²) >= 11 is 0. The Kier molecular flexibility index (Phi) is 3.68. The molecule has 1 aliphatic heterocycles. The van der Waals surface area contributed by atoms with Gasteiger partial charge in [0.2, 0.25) is 0 Å². The molecule has 2 aliphatic rings. The summed E-state index contributed by atoms with van der Waals surface area (Å²) in [5.41, 5.74) is 0.583. The molecule has 0 spiro atoms. The lowest BCUT2D eigenvalue weighted by atomic mass is 10.2. The number of nitrogens with one attached hydrogen (secondary N) is 1. The molecule has 2 atom stereocenters. The second-order valence-electron chi connectivity index (χ2n) is 5.33. The highest BCUT2D eigenvalue weighted by Crippen LogP contribution is 2.38. The zero-order chi connectivity index (χ0) is 14.8. The van der Waals surface area contributed by atoms with Crippen LogP contribution in [0.4, 0.5) is 5.69 Å². The maximum atomic E-state index is 11.7. The second-order valence-corrected chi connectivity index (χ2v) is 5.33. The molecule has 0 aromatic heterocycles. The molecule has 1 aliphatic carbocycles. The van der Waals surface area contributed by atoms with Gasteiger partial charge in [-0.05, 0) is 24.5 Å². The van der Waals surface area contributed by atoms with Gasteiger partial charge in [0.25, 0.3) is 5.91 Å². The number of fused-ring (bicyclic) bond motifs is 1. The zero-order valence-corrected chi connectivity index (χ0v) is 11.8. The minimum Gasteiger partial charge on any atom is -0.486 e. The minimum absolute atomic E-state index is 0.0351. The third kappa shape index (κ3) is 3.26. The fourth-order valence-corrected chi connectivity index (χ4v) is 2.21. The van der Waals surface area contributed by atoms with Crippen molar-refractivity contribution in [3.8, 4) is 11.5 Å². The average molecular weight is 291 g/mol. The fraction of sp³-hybridized carbons (Fsp3) is 0.467. The summed E-state index contributed by atoms with van der Waals surface area (Å²) in [4.78, 5) is 23.3. The Hall–Kier alpha value is -2.24. The Morgan fingerprint density at radius 2 is 2.00 bits per heavy atom. The maximum absolute atomic E-state index is 11.7. The third-order valence-electron chi connectivity index (χ3n) is 3.58.